The molecule has 28 heavy (non-hydrogen) atoms. The fourth-order valence-electron chi connectivity index (χ4n) is 2.03. The van der Waals surface area contributed by atoms with Crippen molar-refractivity contribution >= 4 is 78.4 Å². The number of carbonyl (C=O) groups excluding carboxylic acids is 2. The van der Waals surface area contributed by atoms with Crippen molar-refractivity contribution < 1.29 is 19.1 Å². The Morgan fingerprint density at radius 1 is 1.21 bits per heavy atom. The summed E-state index contributed by atoms with van der Waals surface area (Å²) in [7, 11) is 1.30. The summed E-state index contributed by atoms with van der Waals surface area (Å²) in [5.74, 6) is 0.0592. The van der Waals surface area contributed by atoms with E-state index in [2.05, 4.69) is 75.0 Å². The molecule has 2 amide bonds. The van der Waals surface area contributed by atoms with Crippen LogP contribution in [0, 0.1) is 10.5 Å². The van der Waals surface area contributed by atoms with Gasteiger partial charge in [0.05, 0.1) is 21.4 Å². The number of hydrogen-bond acceptors (Lipinski definition) is 5. The van der Waals surface area contributed by atoms with Gasteiger partial charge in [-0.1, -0.05) is 15.9 Å². The number of amides is 2. The summed E-state index contributed by atoms with van der Waals surface area (Å²) in [6, 6.07) is 8.60. The second kappa shape index (κ2) is 10.8. The molecule has 10 heteroatoms. The van der Waals surface area contributed by atoms with Gasteiger partial charge in [0.1, 0.15) is 5.75 Å². The lowest BCUT2D eigenvalue weighted by Crippen LogP contribution is -2.24. The number of nitrogens with zero attached hydrogens (tertiary/aromatic N) is 1. The van der Waals surface area contributed by atoms with E-state index in [1.54, 1.807) is 18.2 Å². The molecule has 2 N–H and O–H groups in total. The van der Waals surface area contributed by atoms with E-state index in [1.807, 2.05) is 19.1 Å². The maximum Gasteiger partial charge on any atom is 0.343 e. The number of esters is 1. The smallest absolute Gasteiger partial charge is 0.343 e. The lowest BCUT2D eigenvalue weighted by atomic mass is 10.2. The Hall–Kier alpha value is -1.66. The van der Waals surface area contributed by atoms with E-state index in [1.165, 1.54) is 13.3 Å². The van der Waals surface area contributed by atoms with Gasteiger partial charge in [-0.3, -0.25) is 0 Å². The summed E-state index contributed by atoms with van der Waals surface area (Å²) in [5, 5.41) is 6.64. The molecule has 0 aromatic heterocycles. The predicted molar refractivity (Wildman–Crippen MR) is 123 cm³/mol. The average Bonchev–Trinajstić information content (AvgIpc) is 2.63. The molecule has 0 bridgehead atoms. The first-order valence-corrected chi connectivity index (χ1v) is 10.5. The molecule has 0 aliphatic rings. The lowest BCUT2D eigenvalue weighted by Gasteiger charge is -2.10. The quantitative estimate of drug-likeness (QED) is 0.209. The molecule has 2 aromatic rings. The van der Waals surface area contributed by atoms with Crippen LogP contribution in [0.5, 0.6) is 5.75 Å². The standard InChI is InChI=1S/C18H16Br2IN3O4/c1-10-5-12(3-4-13(10)19)23-18(26)24-22-8-11-6-14(20)17(15(21)7-11)28-9-16(25)27-2/h3-8H,9H2,1-2H3,(H2,23,24,26)/b22-8+. The van der Waals surface area contributed by atoms with Crippen LogP contribution < -0.4 is 15.5 Å². The summed E-state index contributed by atoms with van der Waals surface area (Å²) in [5.41, 5.74) is 4.82. The monoisotopic (exact) mass is 623 g/mol. The van der Waals surface area contributed by atoms with Crippen molar-refractivity contribution in [3.05, 3.63) is 54.0 Å². The Morgan fingerprint density at radius 3 is 2.61 bits per heavy atom. The maximum absolute atomic E-state index is 11.9. The molecular weight excluding hydrogens is 609 g/mol. The van der Waals surface area contributed by atoms with Crippen molar-refractivity contribution in [2.75, 3.05) is 19.0 Å². The van der Waals surface area contributed by atoms with Crippen LogP contribution in [0.1, 0.15) is 11.1 Å². The fourth-order valence-corrected chi connectivity index (χ4v) is 4.04. The highest BCUT2D eigenvalue weighted by molar-refractivity contribution is 14.1. The number of anilines is 1. The molecule has 7 nitrogen and oxygen atoms in total. The maximum atomic E-state index is 11.9. The van der Waals surface area contributed by atoms with Gasteiger partial charge in [0.2, 0.25) is 0 Å². The highest BCUT2D eigenvalue weighted by Crippen LogP contribution is 2.31. The van der Waals surface area contributed by atoms with E-state index in [4.69, 9.17) is 4.74 Å². The third-order valence-electron chi connectivity index (χ3n) is 3.38. The van der Waals surface area contributed by atoms with Crippen molar-refractivity contribution in [1.82, 2.24) is 5.43 Å². The average molecular weight is 625 g/mol. The first-order valence-electron chi connectivity index (χ1n) is 7.85. The molecule has 0 fully saturated rings. The molecule has 0 aliphatic carbocycles. The Balaban J connectivity index is 1.96. The molecule has 0 spiro atoms. The van der Waals surface area contributed by atoms with Crippen LogP contribution >= 0.6 is 54.5 Å². The first kappa shape index (κ1) is 22.6. The van der Waals surface area contributed by atoms with E-state index >= 15 is 0 Å². The SMILES string of the molecule is COC(=O)COc1c(Br)cc(/C=N/NC(=O)Nc2ccc(Br)c(C)c2)cc1I. The van der Waals surface area contributed by atoms with E-state index < -0.39 is 12.0 Å². The largest absolute Gasteiger partial charge is 0.480 e. The number of benzene rings is 2. The third-order valence-corrected chi connectivity index (χ3v) is 5.66. The first-order chi connectivity index (χ1) is 13.3. The van der Waals surface area contributed by atoms with Crippen LogP contribution in [0.3, 0.4) is 0 Å². The minimum atomic E-state index is -0.468. The highest BCUT2D eigenvalue weighted by Gasteiger charge is 2.11. The van der Waals surface area contributed by atoms with Crippen LogP contribution in [0.4, 0.5) is 10.5 Å². The zero-order chi connectivity index (χ0) is 20.7. The minimum absolute atomic E-state index is 0.185. The number of halogens is 3. The fraction of sp³-hybridized carbons (Fsp3) is 0.167. The Labute approximate surface area is 192 Å². The van der Waals surface area contributed by atoms with Crippen molar-refractivity contribution in [2.45, 2.75) is 6.92 Å². The lowest BCUT2D eigenvalue weighted by molar-refractivity contribution is -0.142. The summed E-state index contributed by atoms with van der Waals surface area (Å²) < 4.78 is 12.4. The van der Waals surface area contributed by atoms with E-state index in [9.17, 15) is 9.59 Å². The molecule has 0 atom stereocenters. The Bertz CT molecular complexity index is 899. The number of urea groups is 1. The molecular formula is C18H16Br2IN3O4. The number of hydrogen-bond donors (Lipinski definition) is 2. The zero-order valence-electron chi connectivity index (χ0n) is 14.9. The molecule has 2 rings (SSSR count). The molecule has 0 radical (unpaired) electrons. The van der Waals surface area contributed by atoms with Crippen LogP contribution in [0.15, 0.2) is 44.4 Å². The molecule has 148 valence electrons. The number of hydrazone groups is 1. The van der Waals surface area contributed by atoms with Gasteiger partial charge >= 0.3 is 12.0 Å². The van der Waals surface area contributed by atoms with Gasteiger partial charge in [0.25, 0.3) is 0 Å². The van der Waals surface area contributed by atoms with Crippen LogP contribution in [0.25, 0.3) is 0 Å². The number of carbonyl (C=O) groups is 2. The second-order valence-electron chi connectivity index (χ2n) is 5.47. The normalized spacial score (nSPS) is 10.6. The van der Waals surface area contributed by atoms with Crippen LogP contribution in [0.2, 0.25) is 0 Å². The van der Waals surface area contributed by atoms with E-state index in [-0.39, 0.29) is 6.61 Å². The molecule has 2 aromatic carbocycles. The number of aryl methyl sites for hydroxylation is 1. The molecule has 0 heterocycles. The van der Waals surface area contributed by atoms with Crippen LogP contribution in [-0.4, -0.2) is 31.9 Å². The van der Waals surface area contributed by atoms with Crippen molar-refractivity contribution in [3.63, 3.8) is 0 Å². The number of methoxy groups -OCH3 is 1. The Morgan fingerprint density at radius 2 is 1.96 bits per heavy atom. The van der Waals surface area contributed by atoms with E-state index in [0.29, 0.717) is 15.9 Å². The van der Waals surface area contributed by atoms with Gasteiger partial charge < -0.3 is 14.8 Å². The molecule has 0 aliphatic heterocycles. The minimum Gasteiger partial charge on any atom is -0.480 e. The summed E-state index contributed by atoms with van der Waals surface area (Å²) in [6.07, 6.45) is 1.50. The van der Waals surface area contributed by atoms with Crippen molar-refractivity contribution in [2.24, 2.45) is 5.10 Å². The van der Waals surface area contributed by atoms with Gasteiger partial charge in [-0.25, -0.2) is 15.0 Å². The topological polar surface area (TPSA) is 89.0 Å². The van der Waals surface area contributed by atoms with Gasteiger partial charge in [-0.2, -0.15) is 5.10 Å². The summed E-state index contributed by atoms with van der Waals surface area (Å²) in [4.78, 5) is 23.2. The third kappa shape index (κ3) is 6.74. The van der Waals surface area contributed by atoms with Gasteiger partial charge in [0, 0.05) is 10.2 Å². The van der Waals surface area contributed by atoms with Gasteiger partial charge in [-0.05, 0) is 86.9 Å². The number of ether oxygens (including phenoxy) is 2. The van der Waals surface area contributed by atoms with Crippen molar-refractivity contribution in [3.8, 4) is 5.75 Å². The van der Waals surface area contributed by atoms with Gasteiger partial charge in [0.15, 0.2) is 6.61 Å². The summed E-state index contributed by atoms with van der Waals surface area (Å²) in [6.45, 7) is 1.75. The predicted octanol–water partition coefficient (Wildman–Crippen LogP) is 4.83. The molecule has 0 saturated heterocycles. The van der Waals surface area contributed by atoms with Crippen molar-refractivity contribution in [1.29, 1.82) is 0 Å². The van der Waals surface area contributed by atoms with Crippen LogP contribution in [-0.2, 0) is 9.53 Å². The summed E-state index contributed by atoms with van der Waals surface area (Å²) >= 11 is 8.90. The molecule has 0 unspecified atom stereocenters. The number of rotatable bonds is 6. The van der Waals surface area contributed by atoms with E-state index in [0.717, 1.165) is 19.2 Å². The second-order valence-corrected chi connectivity index (χ2v) is 8.34. The Kier molecular flexibility index (Phi) is 8.70. The molecule has 0 saturated carbocycles. The number of nitrogens with one attached hydrogen (secondary N) is 2. The highest BCUT2D eigenvalue weighted by atomic mass is 127. The van der Waals surface area contributed by atoms with Gasteiger partial charge in [-0.15, -0.1) is 0 Å². The zero-order valence-corrected chi connectivity index (χ0v) is 20.2.